The van der Waals surface area contributed by atoms with Crippen molar-refractivity contribution in [3.63, 3.8) is 0 Å². The summed E-state index contributed by atoms with van der Waals surface area (Å²) in [7, 11) is 1.38. The second-order valence-electron chi connectivity index (χ2n) is 9.00. The molecule has 0 fully saturated rings. The summed E-state index contributed by atoms with van der Waals surface area (Å²) < 4.78 is 10.6. The Morgan fingerprint density at radius 3 is 2.09 bits per heavy atom. The highest BCUT2D eigenvalue weighted by atomic mass is 16.5. The molecule has 0 radical (unpaired) electrons. The number of carbonyl (C=O) groups excluding carboxylic acids is 2. The zero-order valence-corrected chi connectivity index (χ0v) is 20.7. The summed E-state index contributed by atoms with van der Waals surface area (Å²) in [6.07, 6.45) is -0.00495. The van der Waals surface area contributed by atoms with E-state index in [0.717, 1.165) is 22.3 Å². The quantitative estimate of drug-likeness (QED) is 0.447. The topological polar surface area (TPSA) is 114 Å². The van der Waals surface area contributed by atoms with E-state index in [0.29, 0.717) is 6.42 Å². The summed E-state index contributed by atoms with van der Waals surface area (Å²) in [5.41, 5.74) is 2.84. The Hall–Kier alpha value is -3.39. The second kappa shape index (κ2) is 11.4. The zero-order chi connectivity index (χ0) is 25.6. The molecule has 2 amide bonds. The summed E-state index contributed by atoms with van der Waals surface area (Å²) in [6.45, 7) is 5.29. The van der Waals surface area contributed by atoms with Gasteiger partial charge in [0.05, 0.1) is 6.61 Å². The molecule has 3 rings (SSSR count). The normalized spacial score (nSPS) is 15.8. The number of rotatable bonds is 11. The second-order valence-corrected chi connectivity index (χ2v) is 9.00. The van der Waals surface area contributed by atoms with Crippen molar-refractivity contribution in [3.05, 3.63) is 59.7 Å². The summed E-state index contributed by atoms with van der Waals surface area (Å²) >= 11 is 0. The van der Waals surface area contributed by atoms with Crippen LogP contribution in [0, 0.1) is 5.92 Å². The van der Waals surface area contributed by atoms with E-state index in [1.165, 1.54) is 7.11 Å². The average molecular weight is 483 g/mol. The lowest BCUT2D eigenvalue weighted by Gasteiger charge is -2.32. The van der Waals surface area contributed by atoms with Crippen molar-refractivity contribution in [1.82, 2.24) is 10.6 Å². The molecular weight excluding hydrogens is 448 g/mol. The number of carbonyl (C=O) groups is 3. The monoisotopic (exact) mass is 482 g/mol. The largest absolute Gasteiger partial charge is 0.479 e. The van der Waals surface area contributed by atoms with Crippen molar-refractivity contribution in [2.45, 2.75) is 51.1 Å². The highest BCUT2D eigenvalue weighted by Crippen LogP contribution is 2.44. The Bertz CT molecular complexity index is 1030. The first-order valence-corrected chi connectivity index (χ1v) is 11.9. The number of hydrogen-bond donors (Lipinski definition) is 3. The molecule has 35 heavy (non-hydrogen) atoms. The van der Waals surface area contributed by atoms with Crippen molar-refractivity contribution in [3.8, 4) is 11.1 Å². The van der Waals surface area contributed by atoms with E-state index in [1.54, 1.807) is 6.92 Å². The van der Waals surface area contributed by atoms with Gasteiger partial charge < -0.3 is 25.2 Å². The smallest absolute Gasteiger partial charge is 0.407 e. The summed E-state index contributed by atoms with van der Waals surface area (Å²) in [5, 5.41) is 15.0. The Balaban J connectivity index is 1.72. The molecule has 0 bridgehead atoms. The molecule has 0 saturated carbocycles. The van der Waals surface area contributed by atoms with Crippen LogP contribution >= 0.6 is 0 Å². The molecule has 2 aromatic rings. The van der Waals surface area contributed by atoms with Crippen LogP contribution < -0.4 is 10.6 Å². The van der Waals surface area contributed by atoms with Crippen molar-refractivity contribution in [1.29, 1.82) is 0 Å². The number of ether oxygens (including phenoxy) is 2. The fraction of sp³-hybridized carbons (Fsp3) is 0.444. The van der Waals surface area contributed by atoms with Crippen LogP contribution in [0.2, 0.25) is 0 Å². The number of nitrogens with one attached hydrogen (secondary N) is 2. The number of methoxy groups -OCH3 is 1. The van der Waals surface area contributed by atoms with Gasteiger partial charge in [-0.2, -0.15) is 0 Å². The highest BCUT2D eigenvalue weighted by Gasteiger charge is 2.41. The van der Waals surface area contributed by atoms with Crippen LogP contribution in [-0.2, 0) is 19.1 Å². The molecule has 0 aliphatic heterocycles. The van der Waals surface area contributed by atoms with Gasteiger partial charge in [0.15, 0.2) is 5.54 Å². The minimum atomic E-state index is -1.58. The van der Waals surface area contributed by atoms with E-state index in [9.17, 15) is 19.5 Å². The van der Waals surface area contributed by atoms with Crippen LogP contribution in [-0.4, -0.2) is 55.0 Å². The minimum absolute atomic E-state index is 0.106. The van der Waals surface area contributed by atoms with Crippen molar-refractivity contribution >= 4 is 18.0 Å². The predicted molar refractivity (Wildman–Crippen MR) is 132 cm³/mol. The van der Waals surface area contributed by atoms with E-state index in [1.807, 2.05) is 50.2 Å². The van der Waals surface area contributed by atoms with Crippen molar-refractivity contribution < 1.29 is 29.0 Å². The van der Waals surface area contributed by atoms with Crippen LogP contribution in [0.25, 0.3) is 11.1 Å². The van der Waals surface area contributed by atoms with Gasteiger partial charge in [-0.15, -0.1) is 0 Å². The summed E-state index contributed by atoms with van der Waals surface area (Å²) in [5.74, 6) is -2.14. The third-order valence-corrected chi connectivity index (χ3v) is 6.88. The molecule has 2 unspecified atom stereocenters. The van der Waals surface area contributed by atoms with Gasteiger partial charge in [-0.1, -0.05) is 75.7 Å². The van der Waals surface area contributed by atoms with Crippen molar-refractivity contribution in [2.24, 2.45) is 5.92 Å². The lowest BCUT2D eigenvalue weighted by molar-refractivity contribution is -0.151. The minimum Gasteiger partial charge on any atom is -0.479 e. The van der Waals surface area contributed by atoms with Gasteiger partial charge in [0.2, 0.25) is 5.91 Å². The predicted octanol–water partition coefficient (Wildman–Crippen LogP) is 3.94. The number of aliphatic carboxylic acids is 1. The maximum atomic E-state index is 13.1. The van der Waals surface area contributed by atoms with Gasteiger partial charge in [-0.05, 0) is 34.6 Å². The Labute approximate surface area is 206 Å². The number of alkyl carbamates (subject to hydrolysis) is 1. The lowest BCUT2D eigenvalue weighted by Crippen LogP contribution is -2.62. The van der Waals surface area contributed by atoms with Crippen LogP contribution in [0.4, 0.5) is 4.79 Å². The molecule has 3 atom stereocenters. The Kier molecular flexibility index (Phi) is 8.51. The molecule has 8 nitrogen and oxygen atoms in total. The highest BCUT2D eigenvalue weighted by molar-refractivity contribution is 5.91. The van der Waals surface area contributed by atoms with Crippen LogP contribution in [0.5, 0.6) is 0 Å². The first-order valence-electron chi connectivity index (χ1n) is 11.9. The summed E-state index contributed by atoms with van der Waals surface area (Å²) in [4.78, 5) is 37.8. The molecule has 0 heterocycles. The molecule has 2 aromatic carbocycles. The van der Waals surface area contributed by atoms with E-state index in [4.69, 9.17) is 9.47 Å². The number of carboxylic acids is 1. The van der Waals surface area contributed by atoms with Crippen LogP contribution in [0.15, 0.2) is 48.5 Å². The van der Waals surface area contributed by atoms with E-state index in [-0.39, 0.29) is 31.5 Å². The summed E-state index contributed by atoms with van der Waals surface area (Å²) in [6, 6.07) is 15.1. The van der Waals surface area contributed by atoms with Gasteiger partial charge >= 0.3 is 12.1 Å². The molecule has 0 saturated heterocycles. The molecule has 0 aromatic heterocycles. The van der Waals surface area contributed by atoms with Gasteiger partial charge in [0.25, 0.3) is 0 Å². The van der Waals surface area contributed by atoms with Gasteiger partial charge in [0, 0.05) is 13.0 Å². The molecule has 8 heteroatoms. The van der Waals surface area contributed by atoms with E-state index in [2.05, 4.69) is 22.8 Å². The van der Waals surface area contributed by atoms with Crippen molar-refractivity contribution in [2.75, 3.05) is 20.3 Å². The molecule has 0 spiro atoms. The third-order valence-electron chi connectivity index (χ3n) is 6.88. The first-order chi connectivity index (χ1) is 16.8. The maximum Gasteiger partial charge on any atom is 0.407 e. The Morgan fingerprint density at radius 2 is 1.60 bits per heavy atom. The lowest BCUT2D eigenvalue weighted by atomic mass is 9.93. The van der Waals surface area contributed by atoms with Crippen LogP contribution in [0.3, 0.4) is 0 Å². The number of fused-ring (bicyclic) bond motifs is 3. The maximum absolute atomic E-state index is 13.1. The van der Waals surface area contributed by atoms with E-state index >= 15 is 0 Å². The van der Waals surface area contributed by atoms with Gasteiger partial charge in [0.1, 0.15) is 12.6 Å². The third kappa shape index (κ3) is 5.48. The number of hydrogen-bond acceptors (Lipinski definition) is 5. The standard InChI is InChI=1S/C27H34N2O6/c1-5-17(3)23(24(30)29-27(6-2,16-34-4)25(31)32)28-26(33)35-15-22-20-13-9-7-11-18(20)19-12-8-10-14-21(19)22/h7-14,17,22-23H,5-6,15-16H2,1-4H3,(H,28,33)(H,29,30)(H,31,32)/t17?,23-,27?/m0/s1. The molecule has 1 aliphatic rings. The number of carboxylic acid groups (broad SMARTS) is 1. The molecular formula is C27H34N2O6. The van der Waals surface area contributed by atoms with Gasteiger partial charge in [-0.3, -0.25) is 4.79 Å². The Morgan fingerprint density at radius 1 is 1.03 bits per heavy atom. The van der Waals surface area contributed by atoms with Crippen LogP contribution in [0.1, 0.15) is 50.7 Å². The SMILES string of the molecule is CCC(C)[C@H](NC(=O)OCC1c2ccccc2-c2ccccc21)C(=O)NC(CC)(COC)C(=O)O. The molecule has 1 aliphatic carbocycles. The fourth-order valence-electron chi connectivity index (χ4n) is 4.52. The zero-order valence-electron chi connectivity index (χ0n) is 20.7. The average Bonchev–Trinajstić information content (AvgIpc) is 3.18. The molecule has 3 N–H and O–H groups in total. The number of amides is 2. The first kappa shape index (κ1) is 26.2. The molecule has 188 valence electrons. The fourth-order valence-corrected chi connectivity index (χ4v) is 4.52. The van der Waals surface area contributed by atoms with E-state index < -0.39 is 29.6 Å². The number of benzene rings is 2. The van der Waals surface area contributed by atoms with Gasteiger partial charge in [-0.25, -0.2) is 9.59 Å².